The maximum absolute atomic E-state index is 2.67. The molecule has 0 aromatic rings. The zero-order chi connectivity index (χ0) is 12.0. The second kappa shape index (κ2) is 3.97. The van der Waals surface area contributed by atoms with E-state index in [0.717, 1.165) is 0 Å². The molecule has 2 atom stereocenters. The van der Waals surface area contributed by atoms with Crippen LogP contribution in [-0.2, 0) is 0 Å². The lowest BCUT2D eigenvalue weighted by molar-refractivity contribution is 0.0481. The Morgan fingerprint density at radius 2 is 1.56 bits per heavy atom. The molecule has 2 rings (SSSR count). The first-order valence-electron chi connectivity index (χ1n) is 6.48. The Hall–Kier alpha value is -0.120. The third-order valence-electron chi connectivity index (χ3n) is 4.57. The van der Waals surface area contributed by atoms with Crippen molar-refractivity contribution in [2.75, 3.05) is 46.8 Å². The van der Waals surface area contributed by atoms with Crippen molar-refractivity contribution < 1.29 is 0 Å². The van der Waals surface area contributed by atoms with Crippen LogP contribution in [0.1, 0.15) is 27.2 Å². The molecule has 2 saturated heterocycles. The summed E-state index contributed by atoms with van der Waals surface area (Å²) >= 11 is 0. The van der Waals surface area contributed by atoms with Crippen LogP contribution in [-0.4, -0.2) is 72.6 Å². The minimum absolute atomic E-state index is 0.348. The van der Waals surface area contributed by atoms with E-state index in [1.807, 2.05) is 0 Å². The van der Waals surface area contributed by atoms with Crippen LogP contribution in [0, 0.1) is 0 Å². The normalized spacial score (nSPS) is 37.7. The number of nitrogens with zero attached hydrogens (tertiary/aromatic N) is 3. The van der Waals surface area contributed by atoms with E-state index in [9.17, 15) is 0 Å². The number of likely N-dealkylation sites (N-methyl/N-ethyl adjacent to an activating group) is 2. The van der Waals surface area contributed by atoms with Gasteiger partial charge in [0.2, 0.25) is 0 Å². The molecule has 0 aromatic heterocycles. The van der Waals surface area contributed by atoms with Crippen LogP contribution in [0.25, 0.3) is 0 Å². The predicted octanol–water partition coefficient (Wildman–Crippen LogP) is 1.11. The summed E-state index contributed by atoms with van der Waals surface area (Å²) in [5.41, 5.74) is 0.813. The van der Waals surface area contributed by atoms with Gasteiger partial charge in [0.25, 0.3) is 0 Å². The summed E-state index contributed by atoms with van der Waals surface area (Å²) in [5.74, 6) is 0. The Balaban J connectivity index is 1.91. The van der Waals surface area contributed by atoms with Gasteiger partial charge in [-0.15, -0.1) is 0 Å². The molecule has 16 heavy (non-hydrogen) atoms. The SMILES string of the molecule is CN1CCN(C(C)(C)CC2(C)CN2C)CC1. The molecular weight excluding hydrogens is 198 g/mol. The first-order chi connectivity index (χ1) is 7.33. The second-order valence-electron chi connectivity index (χ2n) is 6.63. The van der Waals surface area contributed by atoms with Crippen molar-refractivity contribution in [2.24, 2.45) is 0 Å². The highest BCUT2D eigenvalue weighted by atomic mass is 15.3. The summed E-state index contributed by atoms with van der Waals surface area (Å²) in [6.07, 6.45) is 1.29. The predicted molar refractivity (Wildman–Crippen MR) is 68.8 cm³/mol. The third-order valence-corrected chi connectivity index (χ3v) is 4.57. The first-order valence-corrected chi connectivity index (χ1v) is 6.48. The van der Waals surface area contributed by atoms with Crippen LogP contribution in [0.2, 0.25) is 0 Å². The Kier molecular flexibility index (Phi) is 3.06. The number of piperazine rings is 1. The number of rotatable bonds is 3. The van der Waals surface area contributed by atoms with Crippen LogP contribution < -0.4 is 0 Å². The minimum Gasteiger partial charge on any atom is -0.304 e. The average Bonchev–Trinajstić information content (AvgIpc) is 2.72. The molecule has 0 bridgehead atoms. The quantitative estimate of drug-likeness (QED) is 0.666. The Labute approximate surface area is 100 Å². The maximum Gasteiger partial charge on any atom is 0.0323 e. The maximum atomic E-state index is 2.67. The smallest absolute Gasteiger partial charge is 0.0323 e. The summed E-state index contributed by atoms with van der Waals surface area (Å²) in [6, 6.07) is 0. The molecule has 3 heteroatoms. The minimum atomic E-state index is 0.348. The van der Waals surface area contributed by atoms with Crippen molar-refractivity contribution in [2.45, 2.75) is 38.3 Å². The molecule has 0 radical (unpaired) electrons. The van der Waals surface area contributed by atoms with Crippen LogP contribution in [0.4, 0.5) is 0 Å². The molecule has 2 aliphatic rings. The van der Waals surface area contributed by atoms with Crippen LogP contribution >= 0.6 is 0 Å². The van der Waals surface area contributed by atoms with E-state index in [4.69, 9.17) is 0 Å². The van der Waals surface area contributed by atoms with E-state index >= 15 is 0 Å². The Morgan fingerprint density at radius 1 is 1.06 bits per heavy atom. The molecule has 2 aliphatic heterocycles. The summed E-state index contributed by atoms with van der Waals surface area (Å²) in [6.45, 7) is 13.4. The Morgan fingerprint density at radius 3 is 2.00 bits per heavy atom. The first kappa shape index (κ1) is 12.3. The zero-order valence-electron chi connectivity index (χ0n) is 11.6. The van der Waals surface area contributed by atoms with Gasteiger partial charge < -0.3 is 4.90 Å². The van der Waals surface area contributed by atoms with E-state index in [0.29, 0.717) is 11.1 Å². The highest BCUT2D eigenvalue weighted by Gasteiger charge is 2.49. The van der Waals surface area contributed by atoms with Gasteiger partial charge in [-0.05, 0) is 41.3 Å². The fourth-order valence-electron chi connectivity index (χ4n) is 3.12. The number of hydrogen-bond acceptors (Lipinski definition) is 3. The molecule has 94 valence electrons. The van der Waals surface area contributed by atoms with Crippen LogP contribution in [0.5, 0.6) is 0 Å². The molecule has 0 amide bonds. The largest absolute Gasteiger partial charge is 0.304 e. The van der Waals surface area contributed by atoms with Crippen molar-refractivity contribution in [3.8, 4) is 0 Å². The van der Waals surface area contributed by atoms with E-state index in [2.05, 4.69) is 49.6 Å². The molecule has 0 spiro atoms. The van der Waals surface area contributed by atoms with E-state index < -0.39 is 0 Å². The molecule has 2 unspecified atom stereocenters. The molecule has 2 fully saturated rings. The second-order valence-corrected chi connectivity index (χ2v) is 6.63. The third kappa shape index (κ3) is 2.41. The average molecular weight is 225 g/mol. The fourth-order valence-corrected chi connectivity index (χ4v) is 3.12. The van der Waals surface area contributed by atoms with Crippen molar-refractivity contribution in [3.63, 3.8) is 0 Å². The lowest BCUT2D eigenvalue weighted by Gasteiger charge is -2.44. The van der Waals surface area contributed by atoms with Crippen molar-refractivity contribution >= 4 is 0 Å². The topological polar surface area (TPSA) is 9.49 Å². The number of hydrogen-bond donors (Lipinski definition) is 0. The van der Waals surface area contributed by atoms with Gasteiger partial charge in [-0.2, -0.15) is 0 Å². The molecule has 0 aliphatic carbocycles. The van der Waals surface area contributed by atoms with Crippen molar-refractivity contribution in [1.82, 2.24) is 14.7 Å². The van der Waals surface area contributed by atoms with Gasteiger partial charge in [-0.25, -0.2) is 0 Å². The summed E-state index contributed by atoms with van der Waals surface area (Å²) < 4.78 is 0. The highest BCUT2D eigenvalue weighted by Crippen LogP contribution is 2.39. The molecule has 2 heterocycles. The summed E-state index contributed by atoms with van der Waals surface area (Å²) in [7, 11) is 4.46. The van der Waals surface area contributed by atoms with E-state index in [1.165, 1.54) is 39.1 Å². The van der Waals surface area contributed by atoms with Crippen molar-refractivity contribution in [3.05, 3.63) is 0 Å². The van der Waals surface area contributed by atoms with Gasteiger partial charge in [-0.3, -0.25) is 9.80 Å². The van der Waals surface area contributed by atoms with Gasteiger partial charge in [0, 0.05) is 43.8 Å². The van der Waals surface area contributed by atoms with E-state index in [1.54, 1.807) is 0 Å². The standard InChI is InChI=1S/C13H27N3/c1-12(2,10-13(3)11-15(13)5)16-8-6-14(4)7-9-16/h6-11H2,1-5H3. The molecular formula is C13H27N3. The van der Waals surface area contributed by atoms with Gasteiger partial charge in [0.05, 0.1) is 0 Å². The van der Waals surface area contributed by atoms with Crippen LogP contribution in [0.3, 0.4) is 0 Å². The monoisotopic (exact) mass is 225 g/mol. The lowest BCUT2D eigenvalue weighted by Crippen LogP contribution is -2.55. The van der Waals surface area contributed by atoms with Crippen LogP contribution in [0.15, 0.2) is 0 Å². The zero-order valence-corrected chi connectivity index (χ0v) is 11.6. The molecule has 0 aromatic carbocycles. The van der Waals surface area contributed by atoms with Gasteiger partial charge in [0.15, 0.2) is 0 Å². The fraction of sp³-hybridized carbons (Fsp3) is 1.00. The summed E-state index contributed by atoms with van der Waals surface area (Å²) in [4.78, 5) is 7.56. The molecule has 0 saturated carbocycles. The van der Waals surface area contributed by atoms with Gasteiger partial charge in [-0.1, -0.05) is 0 Å². The van der Waals surface area contributed by atoms with E-state index in [-0.39, 0.29) is 0 Å². The highest BCUT2D eigenvalue weighted by molar-refractivity contribution is 5.06. The van der Waals surface area contributed by atoms with Gasteiger partial charge >= 0.3 is 0 Å². The van der Waals surface area contributed by atoms with Gasteiger partial charge in [0.1, 0.15) is 0 Å². The molecule has 0 N–H and O–H groups in total. The molecule has 3 nitrogen and oxygen atoms in total. The Bertz CT molecular complexity index is 256. The lowest BCUT2D eigenvalue weighted by atomic mass is 9.89. The van der Waals surface area contributed by atoms with Crippen molar-refractivity contribution in [1.29, 1.82) is 0 Å². The summed E-state index contributed by atoms with van der Waals surface area (Å²) in [5, 5.41) is 0.